The summed E-state index contributed by atoms with van der Waals surface area (Å²) in [6.07, 6.45) is 0. The number of alkyl halides is 2. The molecule has 0 heterocycles. The van der Waals surface area contributed by atoms with E-state index in [-0.39, 0.29) is 5.91 Å². The van der Waals surface area contributed by atoms with Crippen molar-refractivity contribution in [3.8, 4) is 0 Å². The second-order valence-electron chi connectivity index (χ2n) is 3.94. The molecule has 0 aliphatic rings. The van der Waals surface area contributed by atoms with Gasteiger partial charge in [-0.15, -0.1) is 23.2 Å². The predicted octanol–water partition coefficient (Wildman–Crippen LogP) is 3.22. The summed E-state index contributed by atoms with van der Waals surface area (Å²) < 4.78 is 0. The third-order valence-corrected chi connectivity index (χ3v) is 3.03. The van der Waals surface area contributed by atoms with Gasteiger partial charge in [0.05, 0.1) is 0 Å². The number of amides is 1. The van der Waals surface area contributed by atoms with Gasteiger partial charge >= 0.3 is 0 Å². The van der Waals surface area contributed by atoms with Gasteiger partial charge in [0.25, 0.3) is 5.91 Å². The van der Waals surface area contributed by atoms with Gasteiger partial charge in [-0.3, -0.25) is 4.79 Å². The van der Waals surface area contributed by atoms with Crippen molar-refractivity contribution in [2.75, 3.05) is 24.8 Å². The first-order chi connectivity index (χ1) is 8.11. The first-order valence-corrected chi connectivity index (χ1v) is 6.66. The van der Waals surface area contributed by atoms with Crippen LogP contribution < -0.4 is 0 Å². The molecule has 0 atom stereocenters. The fourth-order valence-electron chi connectivity index (χ4n) is 1.83. The van der Waals surface area contributed by atoms with Crippen molar-refractivity contribution in [1.29, 1.82) is 0 Å². The molecule has 17 heavy (non-hydrogen) atoms. The summed E-state index contributed by atoms with van der Waals surface area (Å²) in [5.74, 6) is 0.864. The zero-order valence-corrected chi connectivity index (χ0v) is 11.7. The number of benzene rings is 1. The normalized spacial score (nSPS) is 10.4. The number of hydrogen-bond donors (Lipinski definition) is 0. The minimum atomic E-state index is 0.0156. The number of aryl methyl sites for hydroxylation is 2. The first-order valence-electron chi connectivity index (χ1n) is 5.59. The maximum absolute atomic E-state index is 12.4. The van der Waals surface area contributed by atoms with Gasteiger partial charge in [-0.05, 0) is 25.0 Å². The zero-order chi connectivity index (χ0) is 12.8. The van der Waals surface area contributed by atoms with Gasteiger partial charge in [-0.1, -0.05) is 18.2 Å². The highest BCUT2D eigenvalue weighted by Gasteiger charge is 2.18. The Kier molecular flexibility index (Phi) is 5.79. The van der Waals surface area contributed by atoms with E-state index in [0.717, 1.165) is 16.7 Å². The van der Waals surface area contributed by atoms with E-state index < -0.39 is 0 Å². The standard InChI is InChI=1S/C13H17Cl2NO/c1-10-4-3-5-11(2)12(10)13(17)16(8-6-14)9-7-15/h3-5H,6-9H2,1-2H3. The molecular formula is C13H17Cl2NO. The molecule has 0 radical (unpaired) electrons. The van der Waals surface area contributed by atoms with Crippen LogP contribution in [0.15, 0.2) is 18.2 Å². The van der Waals surface area contributed by atoms with E-state index >= 15 is 0 Å². The van der Waals surface area contributed by atoms with Crippen molar-refractivity contribution in [3.05, 3.63) is 34.9 Å². The van der Waals surface area contributed by atoms with Crippen LogP contribution in [0.25, 0.3) is 0 Å². The molecule has 0 unspecified atom stereocenters. The van der Waals surface area contributed by atoms with Crippen molar-refractivity contribution >= 4 is 29.1 Å². The molecule has 1 aromatic carbocycles. The highest BCUT2D eigenvalue weighted by atomic mass is 35.5. The first kappa shape index (κ1) is 14.3. The molecule has 0 aromatic heterocycles. The molecule has 94 valence electrons. The van der Waals surface area contributed by atoms with Crippen molar-refractivity contribution in [3.63, 3.8) is 0 Å². The van der Waals surface area contributed by atoms with E-state index in [0.29, 0.717) is 24.8 Å². The van der Waals surface area contributed by atoms with Crippen LogP contribution in [-0.2, 0) is 0 Å². The minimum absolute atomic E-state index is 0.0156. The summed E-state index contributed by atoms with van der Waals surface area (Å²) in [4.78, 5) is 14.1. The Morgan fingerprint density at radius 2 is 1.59 bits per heavy atom. The van der Waals surface area contributed by atoms with E-state index in [1.165, 1.54) is 0 Å². The second-order valence-corrected chi connectivity index (χ2v) is 4.69. The Labute approximate surface area is 113 Å². The maximum Gasteiger partial charge on any atom is 0.254 e. The van der Waals surface area contributed by atoms with Crippen LogP contribution in [0.3, 0.4) is 0 Å². The molecule has 2 nitrogen and oxygen atoms in total. The van der Waals surface area contributed by atoms with Crippen LogP contribution in [0.2, 0.25) is 0 Å². The number of hydrogen-bond acceptors (Lipinski definition) is 1. The number of carbonyl (C=O) groups excluding carboxylic acids is 1. The van der Waals surface area contributed by atoms with Gasteiger partial charge in [0.1, 0.15) is 0 Å². The second kappa shape index (κ2) is 6.87. The van der Waals surface area contributed by atoms with Gasteiger partial charge in [0.15, 0.2) is 0 Å². The van der Waals surface area contributed by atoms with Gasteiger partial charge in [0, 0.05) is 30.4 Å². The van der Waals surface area contributed by atoms with Crippen LogP contribution in [0, 0.1) is 13.8 Å². The lowest BCUT2D eigenvalue weighted by Crippen LogP contribution is -2.35. The van der Waals surface area contributed by atoms with Crippen LogP contribution in [0.4, 0.5) is 0 Å². The molecule has 0 saturated carbocycles. The minimum Gasteiger partial charge on any atom is -0.336 e. The van der Waals surface area contributed by atoms with Gasteiger partial charge < -0.3 is 4.90 Å². The summed E-state index contributed by atoms with van der Waals surface area (Å²) in [5.41, 5.74) is 2.75. The summed E-state index contributed by atoms with van der Waals surface area (Å²) in [6.45, 7) is 4.95. The quantitative estimate of drug-likeness (QED) is 0.755. The van der Waals surface area contributed by atoms with E-state index in [1.54, 1.807) is 4.90 Å². The molecule has 0 N–H and O–H groups in total. The zero-order valence-electron chi connectivity index (χ0n) is 10.2. The van der Waals surface area contributed by atoms with E-state index in [4.69, 9.17) is 23.2 Å². The SMILES string of the molecule is Cc1cccc(C)c1C(=O)N(CCCl)CCCl. The molecular weight excluding hydrogens is 257 g/mol. The Balaban J connectivity index is 3.00. The Morgan fingerprint density at radius 3 is 2.00 bits per heavy atom. The molecule has 0 aliphatic heterocycles. The van der Waals surface area contributed by atoms with E-state index in [1.807, 2.05) is 32.0 Å². The number of halogens is 2. The topological polar surface area (TPSA) is 20.3 Å². The Morgan fingerprint density at radius 1 is 1.12 bits per heavy atom. The van der Waals surface area contributed by atoms with Crippen LogP contribution in [0.5, 0.6) is 0 Å². The molecule has 0 bridgehead atoms. The lowest BCUT2D eigenvalue weighted by atomic mass is 10.0. The summed E-state index contributed by atoms with van der Waals surface area (Å²) in [7, 11) is 0. The average Bonchev–Trinajstić information content (AvgIpc) is 2.28. The van der Waals surface area contributed by atoms with Crippen molar-refractivity contribution in [2.24, 2.45) is 0 Å². The highest BCUT2D eigenvalue weighted by Crippen LogP contribution is 2.16. The third kappa shape index (κ3) is 3.62. The largest absolute Gasteiger partial charge is 0.336 e. The summed E-state index contributed by atoms with van der Waals surface area (Å²) in [6, 6.07) is 5.84. The predicted molar refractivity (Wildman–Crippen MR) is 73.3 cm³/mol. The molecule has 0 spiro atoms. The van der Waals surface area contributed by atoms with Gasteiger partial charge in [-0.2, -0.15) is 0 Å². The summed E-state index contributed by atoms with van der Waals surface area (Å²) >= 11 is 11.4. The molecule has 1 aromatic rings. The van der Waals surface area contributed by atoms with Gasteiger partial charge in [-0.25, -0.2) is 0 Å². The third-order valence-electron chi connectivity index (χ3n) is 2.69. The monoisotopic (exact) mass is 273 g/mol. The Hall–Kier alpha value is -0.730. The van der Waals surface area contributed by atoms with Crippen LogP contribution >= 0.6 is 23.2 Å². The van der Waals surface area contributed by atoms with E-state index in [2.05, 4.69) is 0 Å². The van der Waals surface area contributed by atoms with E-state index in [9.17, 15) is 4.79 Å². The lowest BCUT2D eigenvalue weighted by molar-refractivity contribution is 0.0773. The molecule has 4 heteroatoms. The van der Waals surface area contributed by atoms with Crippen molar-refractivity contribution in [1.82, 2.24) is 4.90 Å². The molecule has 0 saturated heterocycles. The van der Waals surface area contributed by atoms with Crippen molar-refractivity contribution < 1.29 is 4.79 Å². The van der Waals surface area contributed by atoms with Crippen LogP contribution in [0.1, 0.15) is 21.5 Å². The van der Waals surface area contributed by atoms with Crippen LogP contribution in [-0.4, -0.2) is 35.7 Å². The van der Waals surface area contributed by atoms with Crippen molar-refractivity contribution in [2.45, 2.75) is 13.8 Å². The number of nitrogens with zero attached hydrogens (tertiary/aromatic N) is 1. The molecule has 1 rings (SSSR count). The van der Waals surface area contributed by atoms with Gasteiger partial charge in [0.2, 0.25) is 0 Å². The molecule has 0 fully saturated rings. The average molecular weight is 274 g/mol. The smallest absolute Gasteiger partial charge is 0.254 e. The highest BCUT2D eigenvalue weighted by molar-refractivity contribution is 6.18. The number of carbonyl (C=O) groups is 1. The fourth-order valence-corrected chi connectivity index (χ4v) is 2.24. The number of rotatable bonds is 5. The lowest BCUT2D eigenvalue weighted by Gasteiger charge is -2.22. The maximum atomic E-state index is 12.4. The fraction of sp³-hybridized carbons (Fsp3) is 0.462. The molecule has 0 aliphatic carbocycles. The Bertz CT molecular complexity index is 367. The molecule has 1 amide bonds. The summed E-state index contributed by atoms with van der Waals surface area (Å²) in [5, 5.41) is 0.